The highest BCUT2D eigenvalue weighted by atomic mass is 35.5. The van der Waals surface area contributed by atoms with Crippen molar-refractivity contribution in [3.05, 3.63) is 41.2 Å². The van der Waals surface area contributed by atoms with Gasteiger partial charge in [0.25, 0.3) is 5.91 Å². The summed E-state index contributed by atoms with van der Waals surface area (Å²) in [5, 5.41) is 6.01. The predicted octanol–water partition coefficient (Wildman–Crippen LogP) is 4.27. The van der Waals surface area contributed by atoms with Gasteiger partial charge in [0.1, 0.15) is 23.6 Å². The standard InChI is InChI=1S/C27H30ClN5O6/c1-15(2)38-21-10-8-19-23(31-21)24(25(39-19)27(36)30-20-9-5-17(28)13-29-20)32-26(35)16-3-6-18(7-4-16)33-11-12-37-14-22(33)34/h5,8-10,13,15-16,18H,3-4,6-7,11-12,14H2,1-2H3,(H,32,35)(H,29,30,36)/t16-,18-. The highest BCUT2D eigenvalue weighted by Gasteiger charge is 2.34. The van der Waals surface area contributed by atoms with Crippen molar-refractivity contribution in [1.29, 1.82) is 0 Å². The fraction of sp³-hybridized carbons (Fsp3) is 0.444. The Morgan fingerprint density at radius 3 is 2.62 bits per heavy atom. The molecule has 0 bridgehead atoms. The van der Waals surface area contributed by atoms with E-state index in [1.165, 1.54) is 6.20 Å². The Bertz CT molecular complexity index is 1370. The summed E-state index contributed by atoms with van der Waals surface area (Å²) < 4.78 is 16.8. The predicted molar refractivity (Wildman–Crippen MR) is 144 cm³/mol. The number of nitrogens with one attached hydrogen (secondary N) is 2. The van der Waals surface area contributed by atoms with Crippen LogP contribution >= 0.6 is 11.6 Å². The number of morpholine rings is 1. The van der Waals surface area contributed by atoms with E-state index in [-0.39, 0.29) is 53.8 Å². The number of furan rings is 1. The van der Waals surface area contributed by atoms with Crippen molar-refractivity contribution in [3.8, 4) is 5.88 Å². The SMILES string of the molecule is CC(C)Oc1ccc2oc(C(=O)Nc3ccc(Cl)cn3)c(NC(=O)[C@H]3CC[C@H](N4CCOCC4=O)CC3)c2n1. The van der Waals surface area contributed by atoms with Crippen LogP contribution in [0.3, 0.4) is 0 Å². The lowest BCUT2D eigenvalue weighted by atomic mass is 9.84. The molecule has 39 heavy (non-hydrogen) atoms. The Morgan fingerprint density at radius 2 is 1.92 bits per heavy atom. The fourth-order valence-corrected chi connectivity index (χ4v) is 5.07. The lowest BCUT2D eigenvalue weighted by Gasteiger charge is -2.38. The number of anilines is 2. The first-order valence-corrected chi connectivity index (χ1v) is 13.4. The van der Waals surface area contributed by atoms with Gasteiger partial charge in [-0.15, -0.1) is 0 Å². The van der Waals surface area contributed by atoms with Gasteiger partial charge in [0.05, 0.1) is 17.7 Å². The fourth-order valence-electron chi connectivity index (χ4n) is 4.96. The second-order valence-corrected chi connectivity index (χ2v) is 10.4. The molecule has 0 aromatic carbocycles. The van der Waals surface area contributed by atoms with Crippen molar-refractivity contribution < 1.29 is 28.3 Å². The van der Waals surface area contributed by atoms with E-state index in [1.807, 2.05) is 18.7 Å². The maximum Gasteiger partial charge on any atom is 0.294 e. The molecule has 2 aliphatic rings. The van der Waals surface area contributed by atoms with Gasteiger partial charge in [0.15, 0.2) is 5.58 Å². The van der Waals surface area contributed by atoms with Crippen LogP contribution in [-0.2, 0) is 14.3 Å². The van der Waals surface area contributed by atoms with Gasteiger partial charge in [-0.2, -0.15) is 0 Å². The first kappa shape index (κ1) is 26.9. The minimum atomic E-state index is -0.598. The average Bonchev–Trinajstić information content (AvgIpc) is 3.27. The molecule has 11 nitrogen and oxygen atoms in total. The van der Waals surface area contributed by atoms with Crippen molar-refractivity contribution in [2.75, 3.05) is 30.4 Å². The van der Waals surface area contributed by atoms with Gasteiger partial charge in [-0.1, -0.05) is 11.6 Å². The molecular weight excluding hydrogens is 526 g/mol. The normalized spacial score (nSPS) is 19.8. The quantitative estimate of drug-likeness (QED) is 0.441. The number of hydrogen-bond donors (Lipinski definition) is 2. The molecule has 206 valence electrons. The minimum absolute atomic E-state index is 0.00431. The molecule has 1 saturated heterocycles. The molecule has 1 aliphatic carbocycles. The van der Waals surface area contributed by atoms with E-state index in [4.69, 9.17) is 25.5 Å². The molecule has 0 atom stereocenters. The van der Waals surface area contributed by atoms with Crippen LogP contribution in [0.25, 0.3) is 11.1 Å². The van der Waals surface area contributed by atoms with Crippen molar-refractivity contribution in [1.82, 2.24) is 14.9 Å². The van der Waals surface area contributed by atoms with Crippen LogP contribution in [0, 0.1) is 5.92 Å². The Morgan fingerprint density at radius 1 is 1.13 bits per heavy atom. The van der Waals surface area contributed by atoms with Gasteiger partial charge >= 0.3 is 0 Å². The van der Waals surface area contributed by atoms with Crippen LogP contribution in [0.4, 0.5) is 11.5 Å². The van der Waals surface area contributed by atoms with Crippen molar-refractivity contribution in [2.45, 2.75) is 51.7 Å². The van der Waals surface area contributed by atoms with Crippen molar-refractivity contribution in [3.63, 3.8) is 0 Å². The number of amides is 3. The van der Waals surface area contributed by atoms with Crippen LogP contribution in [0.1, 0.15) is 50.1 Å². The summed E-state index contributed by atoms with van der Waals surface area (Å²) in [6, 6.07) is 6.56. The Balaban J connectivity index is 1.36. The zero-order valence-corrected chi connectivity index (χ0v) is 22.5. The largest absolute Gasteiger partial charge is 0.475 e. The molecule has 3 aromatic heterocycles. The summed E-state index contributed by atoms with van der Waals surface area (Å²) in [5.41, 5.74) is 0.801. The molecule has 3 aromatic rings. The number of fused-ring (bicyclic) bond motifs is 1. The number of rotatable bonds is 7. The first-order valence-electron chi connectivity index (χ1n) is 13.0. The van der Waals surface area contributed by atoms with E-state index in [1.54, 1.807) is 24.3 Å². The molecule has 4 heterocycles. The molecule has 0 radical (unpaired) electrons. The number of ether oxygens (including phenoxy) is 2. The Hall–Kier alpha value is -3.70. The van der Waals surface area contributed by atoms with Crippen LogP contribution in [0.15, 0.2) is 34.9 Å². The van der Waals surface area contributed by atoms with Gasteiger partial charge in [0.2, 0.25) is 23.5 Å². The van der Waals surface area contributed by atoms with E-state index in [2.05, 4.69) is 20.6 Å². The van der Waals surface area contributed by atoms with Gasteiger partial charge in [-0.25, -0.2) is 9.97 Å². The Labute approximate surface area is 230 Å². The van der Waals surface area contributed by atoms with Crippen LogP contribution in [0.2, 0.25) is 5.02 Å². The lowest BCUT2D eigenvalue weighted by Crippen LogP contribution is -2.49. The molecule has 3 amide bonds. The first-order chi connectivity index (χ1) is 18.8. The molecule has 5 rings (SSSR count). The molecule has 0 unspecified atom stereocenters. The van der Waals surface area contributed by atoms with Crippen LogP contribution in [-0.4, -0.2) is 64.5 Å². The van der Waals surface area contributed by atoms with E-state index in [0.717, 1.165) is 12.8 Å². The third-order valence-electron chi connectivity index (χ3n) is 6.82. The summed E-state index contributed by atoms with van der Waals surface area (Å²) in [6.07, 6.45) is 3.96. The number of aromatic nitrogens is 2. The number of halogens is 1. The molecule has 2 fully saturated rings. The molecular formula is C27H30ClN5O6. The maximum absolute atomic E-state index is 13.4. The monoisotopic (exact) mass is 555 g/mol. The second kappa shape index (κ2) is 11.6. The summed E-state index contributed by atoms with van der Waals surface area (Å²) in [6.45, 7) is 4.98. The Kier molecular flexibility index (Phi) is 7.99. The van der Waals surface area contributed by atoms with E-state index in [9.17, 15) is 14.4 Å². The number of pyridine rings is 2. The van der Waals surface area contributed by atoms with Crippen molar-refractivity contribution >= 4 is 51.9 Å². The highest BCUT2D eigenvalue weighted by molar-refractivity contribution is 6.30. The molecule has 2 N–H and O–H groups in total. The summed E-state index contributed by atoms with van der Waals surface area (Å²) in [5.74, 6) is -0.608. The van der Waals surface area contributed by atoms with Gasteiger partial charge in [-0.05, 0) is 57.7 Å². The lowest BCUT2D eigenvalue weighted by molar-refractivity contribution is -0.146. The van der Waals surface area contributed by atoms with Crippen molar-refractivity contribution in [2.24, 2.45) is 5.92 Å². The number of carbonyl (C=O) groups excluding carboxylic acids is 3. The molecule has 0 spiro atoms. The molecule has 1 aliphatic heterocycles. The van der Waals surface area contributed by atoms with Gasteiger partial charge in [0, 0.05) is 30.8 Å². The third kappa shape index (κ3) is 6.15. The summed E-state index contributed by atoms with van der Waals surface area (Å²) in [7, 11) is 0. The van der Waals surface area contributed by atoms with Gasteiger partial charge in [-0.3, -0.25) is 14.4 Å². The third-order valence-corrected chi connectivity index (χ3v) is 7.04. The summed E-state index contributed by atoms with van der Waals surface area (Å²) >= 11 is 5.90. The second-order valence-electron chi connectivity index (χ2n) is 9.92. The van der Waals surface area contributed by atoms with E-state index >= 15 is 0 Å². The van der Waals surface area contributed by atoms with Gasteiger partial charge < -0.3 is 29.4 Å². The van der Waals surface area contributed by atoms with Crippen LogP contribution in [0.5, 0.6) is 5.88 Å². The van der Waals surface area contributed by atoms with Crippen LogP contribution < -0.4 is 15.4 Å². The number of hydrogen-bond acceptors (Lipinski definition) is 8. The number of nitrogens with zero attached hydrogens (tertiary/aromatic N) is 3. The number of carbonyl (C=O) groups is 3. The zero-order chi connectivity index (χ0) is 27.5. The molecule has 12 heteroatoms. The highest BCUT2D eigenvalue weighted by Crippen LogP contribution is 2.34. The topological polar surface area (TPSA) is 136 Å². The zero-order valence-electron chi connectivity index (χ0n) is 21.7. The molecule has 1 saturated carbocycles. The van der Waals surface area contributed by atoms with E-state index < -0.39 is 5.91 Å². The summed E-state index contributed by atoms with van der Waals surface area (Å²) in [4.78, 5) is 49.4. The maximum atomic E-state index is 13.4. The minimum Gasteiger partial charge on any atom is -0.475 e. The van der Waals surface area contributed by atoms with E-state index in [0.29, 0.717) is 48.0 Å². The smallest absolute Gasteiger partial charge is 0.294 e. The average molecular weight is 556 g/mol.